The number of hydrogen-bond donors (Lipinski definition) is 0. The van der Waals surface area contributed by atoms with Crippen molar-refractivity contribution in [1.29, 1.82) is 0 Å². The minimum atomic E-state index is -4.43. The Morgan fingerprint density at radius 3 is 1.45 bits per heavy atom. The summed E-state index contributed by atoms with van der Waals surface area (Å²) in [6, 6.07) is 4.40. The van der Waals surface area contributed by atoms with Gasteiger partial charge in [0.15, 0.2) is 0 Å². The van der Waals surface area contributed by atoms with Crippen LogP contribution in [0.3, 0.4) is 0 Å². The normalized spacial score (nSPS) is 11.8. The fourth-order valence-corrected chi connectivity index (χ4v) is 5.12. The standard InChI is InChI=1S/C26H45ClO3S/c1-2-3-4-5-6-7-8-9-10-11-12-13-14-15-16-17-18-19-20-24-23-25(27)21-22-26(24)31(28,29)30/h21-23H,2-20H2,1H3,(H,28,29,30)/p-1. The van der Waals surface area contributed by atoms with Crippen LogP contribution in [0.2, 0.25) is 5.02 Å². The molecular weight excluding hydrogens is 428 g/mol. The Bertz CT molecular complexity index is 673. The Hall–Kier alpha value is -0.580. The third-order valence-corrected chi connectivity index (χ3v) is 7.26. The van der Waals surface area contributed by atoms with Gasteiger partial charge in [0.2, 0.25) is 0 Å². The highest BCUT2D eigenvalue weighted by atomic mass is 35.5. The Morgan fingerprint density at radius 2 is 1.06 bits per heavy atom. The van der Waals surface area contributed by atoms with E-state index in [0.717, 1.165) is 19.3 Å². The minimum Gasteiger partial charge on any atom is -0.744 e. The predicted molar refractivity (Wildman–Crippen MR) is 132 cm³/mol. The van der Waals surface area contributed by atoms with Crippen LogP contribution in [0.15, 0.2) is 23.1 Å². The van der Waals surface area contributed by atoms with Crippen LogP contribution in [0.4, 0.5) is 0 Å². The van der Waals surface area contributed by atoms with Crippen LogP contribution >= 0.6 is 11.6 Å². The first-order chi connectivity index (χ1) is 14.9. The van der Waals surface area contributed by atoms with E-state index in [-0.39, 0.29) is 4.90 Å². The maximum Gasteiger partial charge on any atom is 0.124 e. The van der Waals surface area contributed by atoms with Gasteiger partial charge in [0.05, 0.1) is 4.90 Å². The number of unbranched alkanes of at least 4 members (excludes halogenated alkanes) is 17. The second kappa shape index (κ2) is 17.9. The zero-order valence-electron chi connectivity index (χ0n) is 19.7. The molecule has 0 aromatic heterocycles. The monoisotopic (exact) mass is 471 g/mol. The van der Waals surface area contributed by atoms with Crippen LogP contribution in [-0.4, -0.2) is 13.0 Å². The third kappa shape index (κ3) is 15.0. The lowest BCUT2D eigenvalue weighted by Crippen LogP contribution is -2.03. The molecule has 0 amide bonds. The van der Waals surface area contributed by atoms with E-state index in [0.29, 0.717) is 17.0 Å². The fraction of sp³-hybridized carbons (Fsp3) is 0.769. The van der Waals surface area contributed by atoms with E-state index < -0.39 is 10.1 Å². The maximum atomic E-state index is 11.4. The molecule has 0 aliphatic carbocycles. The van der Waals surface area contributed by atoms with E-state index in [1.54, 1.807) is 6.07 Å². The summed E-state index contributed by atoms with van der Waals surface area (Å²) >= 11 is 5.96. The van der Waals surface area contributed by atoms with Crippen LogP contribution in [0.25, 0.3) is 0 Å². The van der Waals surface area contributed by atoms with Gasteiger partial charge in [-0.15, -0.1) is 0 Å². The summed E-state index contributed by atoms with van der Waals surface area (Å²) in [7, 11) is -4.43. The molecular formula is C26H44ClO3S-. The summed E-state index contributed by atoms with van der Waals surface area (Å²) in [5, 5.41) is 0.477. The summed E-state index contributed by atoms with van der Waals surface area (Å²) in [6.45, 7) is 2.27. The molecule has 0 saturated heterocycles. The molecule has 1 rings (SSSR count). The van der Waals surface area contributed by atoms with Crippen molar-refractivity contribution in [3.05, 3.63) is 28.8 Å². The number of benzene rings is 1. The smallest absolute Gasteiger partial charge is 0.124 e. The van der Waals surface area contributed by atoms with Crippen LogP contribution in [0.5, 0.6) is 0 Å². The largest absolute Gasteiger partial charge is 0.744 e. The van der Waals surface area contributed by atoms with Crippen molar-refractivity contribution < 1.29 is 13.0 Å². The van der Waals surface area contributed by atoms with Crippen molar-refractivity contribution in [2.75, 3.05) is 0 Å². The SMILES string of the molecule is CCCCCCCCCCCCCCCCCCCCc1cc(Cl)ccc1S(=O)(=O)[O-]. The molecule has 31 heavy (non-hydrogen) atoms. The molecule has 0 spiro atoms. The average Bonchev–Trinajstić information content (AvgIpc) is 2.72. The number of hydrogen-bond acceptors (Lipinski definition) is 3. The van der Waals surface area contributed by atoms with Gasteiger partial charge in [-0.3, -0.25) is 0 Å². The Labute approximate surface area is 197 Å². The molecule has 0 heterocycles. The highest BCUT2D eigenvalue weighted by molar-refractivity contribution is 7.85. The topological polar surface area (TPSA) is 57.2 Å². The van der Waals surface area contributed by atoms with Gasteiger partial charge in [0.25, 0.3) is 0 Å². The maximum absolute atomic E-state index is 11.4. The van der Waals surface area contributed by atoms with E-state index >= 15 is 0 Å². The number of halogens is 1. The van der Waals surface area contributed by atoms with Crippen LogP contribution < -0.4 is 0 Å². The van der Waals surface area contributed by atoms with Gasteiger partial charge in [0, 0.05) is 5.02 Å². The van der Waals surface area contributed by atoms with Gasteiger partial charge in [-0.1, -0.05) is 128 Å². The van der Waals surface area contributed by atoms with Crippen LogP contribution in [-0.2, 0) is 16.5 Å². The molecule has 0 bridgehead atoms. The molecule has 0 aliphatic rings. The lowest BCUT2D eigenvalue weighted by atomic mass is 10.0. The minimum absolute atomic E-state index is 0.121. The molecule has 3 nitrogen and oxygen atoms in total. The number of rotatable bonds is 20. The van der Waals surface area contributed by atoms with Crippen LogP contribution in [0.1, 0.15) is 128 Å². The average molecular weight is 472 g/mol. The zero-order chi connectivity index (χ0) is 22.8. The van der Waals surface area contributed by atoms with E-state index in [1.807, 2.05) is 0 Å². The van der Waals surface area contributed by atoms with Gasteiger partial charge in [0.1, 0.15) is 10.1 Å². The quantitative estimate of drug-likeness (QED) is 0.141. The molecule has 1 aromatic rings. The highest BCUT2D eigenvalue weighted by Gasteiger charge is 2.09. The summed E-state index contributed by atoms with van der Waals surface area (Å²) in [6.07, 6.45) is 24.3. The predicted octanol–water partition coefficient (Wildman–Crippen LogP) is 8.83. The lowest BCUT2D eigenvalue weighted by Gasteiger charge is -2.13. The zero-order valence-corrected chi connectivity index (χ0v) is 21.3. The molecule has 0 atom stereocenters. The highest BCUT2D eigenvalue weighted by Crippen LogP contribution is 2.23. The van der Waals surface area contributed by atoms with Gasteiger partial charge < -0.3 is 4.55 Å². The van der Waals surface area contributed by atoms with Crippen molar-refractivity contribution in [1.82, 2.24) is 0 Å². The van der Waals surface area contributed by atoms with Gasteiger partial charge in [-0.05, 0) is 36.6 Å². The summed E-state index contributed by atoms with van der Waals surface area (Å²) < 4.78 is 34.1. The molecule has 0 aliphatic heterocycles. The van der Waals surface area contributed by atoms with E-state index in [4.69, 9.17) is 11.6 Å². The first kappa shape index (κ1) is 28.5. The Morgan fingerprint density at radius 1 is 0.677 bits per heavy atom. The van der Waals surface area contributed by atoms with E-state index in [9.17, 15) is 13.0 Å². The van der Waals surface area contributed by atoms with Gasteiger partial charge >= 0.3 is 0 Å². The van der Waals surface area contributed by atoms with Crippen molar-refractivity contribution in [2.45, 2.75) is 134 Å². The molecule has 0 N–H and O–H groups in total. The second-order valence-corrected chi connectivity index (χ2v) is 10.8. The van der Waals surface area contributed by atoms with Crippen molar-refractivity contribution >= 4 is 21.7 Å². The van der Waals surface area contributed by atoms with Gasteiger partial charge in [-0.25, -0.2) is 8.42 Å². The van der Waals surface area contributed by atoms with Crippen molar-refractivity contribution in [2.24, 2.45) is 0 Å². The fourth-order valence-electron chi connectivity index (χ4n) is 4.20. The number of aryl methyl sites for hydroxylation is 1. The lowest BCUT2D eigenvalue weighted by molar-refractivity contribution is 0.461. The Kier molecular flexibility index (Phi) is 16.4. The van der Waals surface area contributed by atoms with Crippen molar-refractivity contribution in [3.8, 4) is 0 Å². The molecule has 1 aromatic carbocycles. The third-order valence-electron chi connectivity index (χ3n) is 6.09. The summed E-state index contributed by atoms with van der Waals surface area (Å²) in [4.78, 5) is -0.121. The Balaban J connectivity index is 1.92. The molecule has 0 radical (unpaired) electrons. The first-order valence-corrected chi connectivity index (χ1v) is 14.5. The molecule has 0 saturated carbocycles. The van der Waals surface area contributed by atoms with Gasteiger partial charge in [-0.2, -0.15) is 0 Å². The van der Waals surface area contributed by atoms with Crippen molar-refractivity contribution in [3.63, 3.8) is 0 Å². The second-order valence-electron chi connectivity index (χ2n) is 8.97. The molecule has 0 unspecified atom stereocenters. The molecule has 5 heteroatoms. The van der Waals surface area contributed by atoms with E-state index in [1.165, 1.54) is 108 Å². The summed E-state index contributed by atoms with van der Waals surface area (Å²) in [5.74, 6) is 0. The first-order valence-electron chi connectivity index (χ1n) is 12.7. The molecule has 180 valence electrons. The summed E-state index contributed by atoms with van der Waals surface area (Å²) in [5.41, 5.74) is 0.555. The van der Waals surface area contributed by atoms with E-state index in [2.05, 4.69) is 6.92 Å². The van der Waals surface area contributed by atoms with Crippen LogP contribution in [0, 0.1) is 0 Å². The molecule has 0 fully saturated rings.